The number of benzene rings is 4. The third-order valence-electron chi connectivity index (χ3n) is 7.20. The van der Waals surface area contributed by atoms with E-state index in [0.29, 0.717) is 26.0 Å². The van der Waals surface area contributed by atoms with Crippen molar-refractivity contribution in [2.45, 2.75) is 57.7 Å². The van der Waals surface area contributed by atoms with Crippen molar-refractivity contribution < 1.29 is 28.9 Å². The van der Waals surface area contributed by atoms with Crippen molar-refractivity contribution in [3.63, 3.8) is 0 Å². The highest BCUT2D eigenvalue weighted by Crippen LogP contribution is 2.21. The third-order valence-corrected chi connectivity index (χ3v) is 7.20. The molecule has 7 nitrogen and oxygen atoms in total. The summed E-state index contributed by atoms with van der Waals surface area (Å²) in [5.74, 6) is -0.878. The Morgan fingerprint density at radius 2 is 1.38 bits per heavy atom. The van der Waals surface area contributed by atoms with E-state index in [1.807, 2.05) is 48.5 Å². The lowest BCUT2D eigenvalue weighted by Gasteiger charge is -2.23. The van der Waals surface area contributed by atoms with E-state index in [0.717, 1.165) is 42.2 Å². The molecule has 0 aliphatic carbocycles. The summed E-state index contributed by atoms with van der Waals surface area (Å²) in [6, 6.07) is 29.0. The van der Waals surface area contributed by atoms with Crippen LogP contribution in [0.25, 0.3) is 21.5 Å². The number of nitrogens with one attached hydrogen (secondary N) is 1. The minimum Gasteiger partial charge on any atom is -0.494 e. The van der Waals surface area contributed by atoms with Crippen LogP contribution in [-0.4, -0.2) is 55.6 Å². The second-order valence-electron chi connectivity index (χ2n) is 10.4. The number of carboxylic acid groups (broad SMARTS) is 1. The van der Waals surface area contributed by atoms with Crippen molar-refractivity contribution >= 4 is 33.4 Å². The molecule has 4 rings (SSSR count). The van der Waals surface area contributed by atoms with Crippen molar-refractivity contribution in [2.24, 2.45) is 0 Å². The number of aryl methyl sites for hydroxylation is 1. The number of carbonyl (C=O) groups is 2. The zero-order valence-electron chi connectivity index (χ0n) is 24.3. The summed E-state index contributed by atoms with van der Waals surface area (Å²) in [6.45, 7) is 3.03. The lowest BCUT2D eigenvalue weighted by atomic mass is 10.0. The zero-order chi connectivity index (χ0) is 29.6. The third kappa shape index (κ3) is 9.29. The van der Waals surface area contributed by atoms with E-state index in [-0.39, 0.29) is 13.2 Å². The van der Waals surface area contributed by atoms with Crippen molar-refractivity contribution in [1.82, 2.24) is 5.32 Å². The number of carboxylic acids is 1. The monoisotopic (exact) mass is 571 g/mol. The number of hydrogen-bond donors (Lipinski definition) is 2. The summed E-state index contributed by atoms with van der Waals surface area (Å²) in [6.07, 6.45) is 2.45. The Hall–Kier alpha value is -3.94. The molecule has 0 fully saturated rings. The van der Waals surface area contributed by atoms with Gasteiger partial charge < -0.3 is 24.6 Å². The summed E-state index contributed by atoms with van der Waals surface area (Å²) in [4.78, 5) is 24.8. The molecule has 4 aromatic carbocycles. The van der Waals surface area contributed by atoms with Crippen LogP contribution in [0.4, 0.5) is 0 Å². The maximum absolute atomic E-state index is 13.0. The second kappa shape index (κ2) is 16.5. The summed E-state index contributed by atoms with van der Waals surface area (Å²) < 4.78 is 17.0. The number of hydrogen-bond acceptors (Lipinski definition) is 5. The Morgan fingerprint density at radius 1 is 0.714 bits per heavy atom. The molecule has 2 N–H and O–H groups in total. The highest BCUT2D eigenvalue weighted by Gasteiger charge is 2.35. The molecule has 0 aliphatic heterocycles. The zero-order valence-corrected chi connectivity index (χ0v) is 24.3. The fraction of sp³-hybridized carbons (Fsp3) is 0.371. The largest absolute Gasteiger partial charge is 0.494 e. The quantitative estimate of drug-likeness (QED) is 0.132. The van der Waals surface area contributed by atoms with E-state index in [1.165, 1.54) is 16.3 Å². The van der Waals surface area contributed by atoms with Crippen LogP contribution < -0.4 is 10.1 Å². The molecule has 42 heavy (non-hydrogen) atoms. The molecular formula is C35H41NO6. The number of amides is 1. The van der Waals surface area contributed by atoms with Crippen molar-refractivity contribution in [2.75, 3.05) is 26.4 Å². The first-order chi connectivity index (χ1) is 20.5. The maximum atomic E-state index is 13.0. The van der Waals surface area contributed by atoms with Crippen molar-refractivity contribution in [1.29, 1.82) is 0 Å². The van der Waals surface area contributed by atoms with Crippen LogP contribution in [0.15, 0.2) is 84.9 Å². The van der Waals surface area contributed by atoms with E-state index in [9.17, 15) is 14.7 Å². The van der Waals surface area contributed by atoms with Crippen molar-refractivity contribution in [3.05, 3.63) is 90.5 Å². The maximum Gasteiger partial charge on any atom is 0.336 e. The van der Waals surface area contributed by atoms with Gasteiger partial charge in [0.05, 0.1) is 6.61 Å². The molecular weight excluding hydrogens is 530 g/mol. The first-order valence-corrected chi connectivity index (χ1v) is 14.9. The number of ether oxygens (including phenoxy) is 3. The molecule has 0 saturated heterocycles. The molecule has 0 radical (unpaired) electrons. The smallest absolute Gasteiger partial charge is 0.336 e. The number of unbranched alkanes of at least 4 members (excludes halogenated alkanes) is 3. The van der Waals surface area contributed by atoms with Gasteiger partial charge in [0.2, 0.25) is 0 Å². The fourth-order valence-electron chi connectivity index (χ4n) is 4.97. The lowest BCUT2D eigenvalue weighted by Crippen LogP contribution is -2.49. The summed E-state index contributed by atoms with van der Waals surface area (Å²) in [5, 5.41) is 17.3. The first-order valence-electron chi connectivity index (χ1n) is 14.9. The van der Waals surface area contributed by atoms with Gasteiger partial charge in [-0.15, -0.1) is 0 Å². The van der Waals surface area contributed by atoms with Gasteiger partial charge in [-0.05, 0) is 78.3 Å². The minimum absolute atomic E-state index is 0.165. The molecule has 0 heterocycles. The average molecular weight is 572 g/mol. The van der Waals surface area contributed by atoms with E-state index in [2.05, 4.69) is 41.7 Å². The highest BCUT2D eigenvalue weighted by molar-refractivity contribution is 5.88. The molecule has 1 amide bonds. The Kier molecular flexibility index (Phi) is 12.2. The van der Waals surface area contributed by atoms with Crippen LogP contribution in [0.2, 0.25) is 0 Å². The van der Waals surface area contributed by atoms with Gasteiger partial charge in [0, 0.05) is 19.8 Å². The van der Waals surface area contributed by atoms with E-state index >= 15 is 0 Å². The fourth-order valence-corrected chi connectivity index (χ4v) is 4.97. The number of fused-ring (bicyclic) bond motifs is 2. The Bertz CT molecular complexity index is 1440. The van der Waals surface area contributed by atoms with Gasteiger partial charge in [0.15, 0.2) is 12.2 Å². The molecule has 4 aromatic rings. The first kappa shape index (κ1) is 31.0. The molecule has 2 atom stereocenters. The lowest BCUT2D eigenvalue weighted by molar-refractivity contribution is -0.168. The normalized spacial score (nSPS) is 12.7. The van der Waals surface area contributed by atoms with Gasteiger partial charge in [0.25, 0.3) is 5.91 Å². The van der Waals surface area contributed by atoms with Crippen LogP contribution in [0.5, 0.6) is 5.75 Å². The molecule has 2 unspecified atom stereocenters. The van der Waals surface area contributed by atoms with Gasteiger partial charge in [0.1, 0.15) is 5.75 Å². The topological polar surface area (TPSA) is 94.1 Å². The molecule has 222 valence electrons. The van der Waals surface area contributed by atoms with Crippen LogP contribution >= 0.6 is 0 Å². The molecule has 0 bridgehead atoms. The Labute approximate surface area is 247 Å². The van der Waals surface area contributed by atoms with Gasteiger partial charge in [-0.25, -0.2) is 4.79 Å². The van der Waals surface area contributed by atoms with Crippen LogP contribution in [0.3, 0.4) is 0 Å². The molecule has 0 saturated carbocycles. The van der Waals surface area contributed by atoms with Gasteiger partial charge in [-0.2, -0.15) is 0 Å². The SMILES string of the molecule is CCOC(C(=O)O)C(OCCCCOc1ccc2ccccc2c1)C(=O)NCCCCCc1ccc2ccccc2c1. The molecule has 7 heteroatoms. The van der Waals surface area contributed by atoms with Gasteiger partial charge in [-0.1, -0.05) is 79.2 Å². The number of aliphatic carboxylic acids is 1. The van der Waals surface area contributed by atoms with E-state index in [1.54, 1.807) is 6.92 Å². The van der Waals surface area contributed by atoms with E-state index in [4.69, 9.17) is 14.2 Å². The standard InChI is InChI=1S/C35H41NO6/c1-2-40-33(35(38)39)32(42-23-11-10-22-41-31-20-19-28-14-6-8-16-30(28)25-31)34(37)36-21-9-3-4-12-26-17-18-27-13-5-7-15-29(27)24-26/h5-8,13-20,24-25,32-33H,2-4,9-12,21-23H2,1H3,(H,36,37)(H,38,39). The summed E-state index contributed by atoms with van der Waals surface area (Å²) in [7, 11) is 0. The van der Waals surface area contributed by atoms with Crippen LogP contribution in [0.1, 0.15) is 44.6 Å². The summed E-state index contributed by atoms with van der Waals surface area (Å²) >= 11 is 0. The van der Waals surface area contributed by atoms with Gasteiger partial charge in [-0.3, -0.25) is 4.79 Å². The predicted molar refractivity (Wildman–Crippen MR) is 166 cm³/mol. The minimum atomic E-state index is -1.36. The average Bonchev–Trinajstić information content (AvgIpc) is 3.01. The summed E-state index contributed by atoms with van der Waals surface area (Å²) in [5.41, 5.74) is 1.30. The molecule has 0 aliphatic rings. The van der Waals surface area contributed by atoms with Crippen LogP contribution in [0, 0.1) is 0 Å². The number of carbonyl (C=O) groups excluding carboxylic acids is 1. The molecule has 0 aromatic heterocycles. The second-order valence-corrected chi connectivity index (χ2v) is 10.4. The van der Waals surface area contributed by atoms with Gasteiger partial charge >= 0.3 is 5.97 Å². The van der Waals surface area contributed by atoms with Crippen LogP contribution in [-0.2, 0) is 25.5 Å². The van der Waals surface area contributed by atoms with Crippen molar-refractivity contribution in [3.8, 4) is 5.75 Å². The highest BCUT2D eigenvalue weighted by atomic mass is 16.6. The number of rotatable bonds is 18. The Balaban J connectivity index is 1.17. The molecule has 0 spiro atoms. The predicted octanol–water partition coefficient (Wildman–Crippen LogP) is 6.56. The van der Waals surface area contributed by atoms with E-state index < -0.39 is 24.1 Å². The Morgan fingerprint density at radius 3 is 2.10 bits per heavy atom.